The Morgan fingerprint density at radius 3 is 2.35 bits per heavy atom. The molecule has 2 aromatic rings. The van der Waals surface area contributed by atoms with Crippen molar-refractivity contribution in [2.24, 2.45) is 0 Å². The van der Waals surface area contributed by atoms with E-state index in [1.54, 1.807) is 37.3 Å². The predicted octanol–water partition coefficient (Wildman–Crippen LogP) is 3.41. The minimum Gasteiger partial charge on any atom is -0.493 e. The van der Waals surface area contributed by atoms with Crippen LogP contribution in [0.25, 0.3) is 0 Å². The molecule has 2 rings (SSSR count). The molecule has 2 aromatic carbocycles. The van der Waals surface area contributed by atoms with Crippen LogP contribution in [0, 0.1) is 5.82 Å². The Bertz CT molecular complexity index is 767. The molecule has 0 fully saturated rings. The van der Waals surface area contributed by atoms with Gasteiger partial charge >= 0.3 is 6.03 Å². The van der Waals surface area contributed by atoms with Gasteiger partial charge in [0.05, 0.1) is 27.4 Å². The van der Waals surface area contributed by atoms with Gasteiger partial charge in [0.2, 0.25) is 5.75 Å². The van der Waals surface area contributed by atoms with E-state index in [1.807, 2.05) is 0 Å². The summed E-state index contributed by atoms with van der Waals surface area (Å²) >= 11 is 0. The molecule has 7 heteroatoms. The summed E-state index contributed by atoms with van der Waals surface area (Å²) in [5.41, 5.74) is 1.14. The van der Waals surface area contributed by atoms with E-state index in [-0.39, 0.29) is 12.4 Å². The molecule has 26 heavy (non-hydrogen) atoms. The van der Waals surface area contributed by atoms with Gasteiger partial charge in [0.25, 0.3) is 0 Å². The molecule has 0 saturated heterocycles. The van der Waals surface area contributed by atoms with Crippen molar-refractivity contribution in [3.8, 4) is 17.2 Å². The second-order valence-electron chi connectivity index (χ2n) is 5.56. The summed E-state index contributed by atoms with van der Waals surface area (Å²) in [5, 5.41) is 5.44. The van der Waals surface area contributed by atoms with E-state index in [1.165, 1.54) is 27.4 Å². The highest BCUT2D eigenvalue weighted by Crippen LogP contribution is 2.39. The van der Waals surface area contributed by atoms with E-state index in [0.717, 1.165) is 5.56 Å². The molecule has 2 amide bonds. The summed E-state index contributed by atoms with van der Waals surface area (Å²) in [5.74, 6) is 1.11. The molecular formula is C19H23FN2O4. The van der Waals surface area contributed by atoms with Crippen LogP contribution in [-0.4, -0.2) is 27.4 Å². The van der Waals surface area contributed by atoms with Gasteiger partial charge in [-0.1, -0.05) is 18.2 Å². The van der Waals surface area contributed by atoms with Crippen LogP contribution in [0.5, 0.6) is 17.2 Å². The number of rotatable bonds is 7. The van der Waals surface area contributed by atoms with Crippen molar-refractivity contribution in [2.75, 3.05) is 21.3 Å². The molecule has 0 bridgehead atoms. The Labute approximate surface area is 152 Å². The fraction of sp³-hybridized carbons (Fsp3) is 0.316. The van der Waals surface area contributed by atoms with E-state index >= 15 is 0 Å². The zero-order valence-corrected chi connectivity index (χ0v) is 15.3. The number of halogens is 1. The molecule has 140 valence electrons. The zero-order chi connectivity index (χ0) is 19.1. The molecule has 0 aliphatic heterocycles. The number of hydrogen-bond donors (Lipinski definition) is 2. The minimum atomic E-state index is -0.469. The number of urea groups is 1. The maximum absolute atomic E-state index is 13.8. The summed E-state index contributed by atoms with van der Waals surface area (Å²) in [4.78, 5) is 12.1. The number of methoxy groups -OCH3 is 3. The second-order valence-corrected chi connectivity index (χ2v) is 5.56. The molecule has 0 radical (unpaired) electrons. The van der Waals surface area contributed by atoms with Crippen LogP contribution in [0.15, 0.2) is 36.4 Å². The van der Waals surface area contributed by atoms with Crippen molar-refractivity contribution in [1.29, 1.82) is 0 Å². The topological polar surface area (TPSA) is 68.8 Å². The molecule has 1 atom stereocenters. The van der Waals surface area contributed by atoms with Gasteiger partial charge in [-0.2, -0.15) is 0 Å². The van der Waals surface area contributed by atoms with Gasteiger partial charge in [-0.3, -0.25) is 0 Å². The van der Waals surface area contributed by atoms with E-state index in [0.29, 0.717) is 22.8 Å². The molecule has 0 heterocycles. The maximum Gasteiger partial charge on any atom is 0.315 e. The van der Waals surface area contributed by atoms with Crippen molar-refractivity contribution < 1.29 is 23.4 Å². The Balaban J connectivity index is 2.04. The van der Waals surface area contributed by atoms with Gasteiger partial charge in [0.1, 0.15) is 5.82 Å². The van der Waals surface area contributed by atoms with E-state index in [2.05, 4.69) is 10.6 Å². The first-order valence-electron chi connectivity index (χ1n) is 8.08. The lowest BCUT2D eigenvalue weighted by atomic mass is 10.1. The van der Waals surface area contributed by atoms with Crippen LogP contribution in [0.4, 0.5) is 9.18 Å². The number of benzene rings is 2. The zero-order valence-electron chi connectivity index (χ0n) is 15.3. The van der Waals surface area contributed by atoms with Crippen LogP contribution in [-0.2, 0) is 6.54 Å². The fourth-order valence-corrected chi connectivity index (χ4v) is 2.63. The third-order valence-corrected chi connectivity index (χ3v) is 3.94. The van der Waals surface area contributed by atoms with Crippen molar-refractivity contribution in [3.05, 3.63) is 53.3 Å². The second kappa shape index (κ2) is 8.94. The highest BCUT2D eigenvalue weighted by molar-refractivity contribution is 5.74. The average Bonchev–Trinajstić information content (AvgIpc) is 2.65. The lowest BCUT2D eigenvalue weighted by Crippen LogP contribution is -2.37. The van der Waals surface area contributed by atoms with Gasteiger partial charge in [0.15, 0.2) is 11.5 Å². The van der Waals surface area contributed by atoms with Gasteiger partial charge in [0, 0.05) is 17.7 Å². The lowest BCUT2D eigenvalue weighted by molar-refractivity contribution is 0.237. The van der Waals surface area contributed by atoms with Crippen molar-refractivity contribution in [3.63, 3.8) is 0 Å². The third-order valence-electron chi connectivity index (χ3n) is 3.94. The molecule has 0 aliphatic carbocycles. The van der Waals surface area contributed by atoms with E-state index in [4.69, 9.17) is 14.2 Å². The monoisotopic (exact) mass is 362 g/mol. The smallest absolute Gasteiger partial charge is 0.315 e. The summed E-state index contributed by atoms with van der Waals surface area (Å²) < 4.78 is 29.7. The summed E-state index contributed by atoms with van der Waals surface area (Å²) in [6, 6.07) is 8.95. The third kappa shape index (κ3) is 4.36. The van der Waals surface area contributed by atoms with Crippen molar-refractivity contribution in [1.82, 2.24) is 10.6 Å². The number of nitrogens with one attached hydrogen (secondary N) is 2. The summed E-state index contributed by atoms with van der Waals surface area (Å²) in [7, 11) is 4.56. The Morgan fingerprint density at radius 1 is 1.04 bits per heavy atom. The molecule has 6 nitrogen and oxygen atoms in total. The SMILES string of the molecule is COc1ccc(CNC(=O)N[C@@H](C)c2ccccc2F)c(OC)c1OC. The molecular weight excluding hydrogens is 339 g/mol. The first-order valence-corrected chi connectivity index (χ1v) is 8.08. The van der Waals surface area contributed by atoms with Crippen LogP contribution >= 0.6 is 0 Å². The van der Waals surface area contributed by atoms with Gasteiger partial charge in [-0.05, 0) is 25.1 Å². The van der Waals surface area contributed by atoms with Crippen LogP contribution in [0.1, 0.15) is 24.1 Å². The number of hydrogen-bond acceptors (Lipinski definition) is 4. The van der Waals surface area contributed by atoms with Gasteiger partial charge < -0.3 is 24.8 Å². The van der Waals surface area contributed by atoms with Crippen LogP contribution in [0.2, 0.25) is 0 Å². The highest BCUT2D eigenvalue weighted by Gasteiger charge is 2.17. The fourth-order valence-electron chi connectivity index (χ4n) is 2.63. The summed E-state index contributed by atoms with van der Waals surface area (Å²) in [6.45, 7) is 1.92. The predicted molar refractivity (Wildman–Crippen MR) is 96.3 cm³/mol. The quantitative estimate of drug-likeness (QED) is 0.792. The van der Waals surface area contributed by atoms with Crippen LogP contribution < -0.4 is 24.8 Å². The number of ether oxygens (including phenoxy) is 3. The van der Waals surface area contributed by atoms with Gasteiger partial charge in [-0.15, -0.1) is 0 Å². The Hall–Kier alpha value is -2.96. The lowest BCUT2D eigenvalue weighted by Gasteiger charge is -2.18. The van der Waals surface area contributed by atoms with E-state index < -0.39 is 12.1 Å². The number of carbonyl (C=O) groups excluding carboxylic acids is 1. The number of amides is 2. The molecule has 0 aromatic heterocycles. The van der Waals surface area contributed by atoms with Gasteiger partial charge in [-0.25, -0.2) is 9.18 Å². The highest BCUT2D eigenvalue weighted by atomic mass is 19.1. The molecule has 0 saturated carbocycles. The first kappa shape index (κ1) is 19.4. The maximum atomic E-state index is 13.8. The molecule has 0 unspecified atom stereocenters. The molecule has 0 spiro atoms. The van der Waals surface area contributed by atoms with Crippen molar-refractivity contribution in [2.45, 2.75) is 19.5 Å². The average molecular weight is 362 g/mol. The Morgan fingerprint density at radius 2 is 1.73 bits per heavy atom. The Kier molecular flexibility index (Phi) is 6.66. The standard InChI is InChI=1S/C19H23FN2O4/c1-12(14-7-5-6-8-15(14)20)22-19(23)21-11-13-9-10-16(24-2)18(26-4)17(13)25-3/h5-10,12H,11H2,1-4H3,(H2,21,22,23)/t12-/m0/s1. The number of carbonyl (C=O) groups is 1. The van der Waals surface area contributed by atoms with E-state index in [9.17, 15) is 9.18 Å². The first-order chi connectivity index (χ1) is 12.5. The van der Waals surface area contributed by atoms with Crippen LogP contribution in [0.3, 0.4) is 0 Å². The largest absolute Gasteiger partial charge is 0.493 e. The molecule has 0 aliphatic rings. The summed E-state index contributed by atoms with van der Waals surface area (Å²) in [6.07, 6.45) is 0. The normalized spacial score (nSPS) is 11.4. The molecule has 2 N–H and O–H groups in total. The van der Waals surface area contributed by atoms with Crippen molar-refractivity contribution >= 4 is 6.03 Å². The minimum absolute atomic E-state index is 0.208.